The van der Waals surface area contributed by atoms with Gasteiger partial charge >= 0.3 is 0 Å². The highest BCUT2D eigenvalue weighted by atomic mass is 79.9. The molecule has 26 nitrogen and oxygen atoms in total. The molecule has 0 unspecified atom stereocenters. The van der Waals surface area contributed by atoms with Gasteiger partial charge in [-0.1, -0.05) is 220 Å². The van der Waals surface area contributed by atoms with Crippen LogP contribution >= 0.6 is 109 Å². The van der Waals surface area contributed by atoms with Crippen LogP contribution in [0.5, 0.6) is 34.6 Å². The molecule has 3 amide bonds. The van der Waals surface area contributed by atoms with Gasteiger partial charge in [0, 0.05) is 57.8 Å². The molecule has 694 valence electrons. The monoisotopic (exact) mass is 2020 g/mol. The van der Waals surface area contributed by atoms with E-state index >= 15 is 0 Å². The van der Waals surface area contributed by atoms with Gasteiger partial charge < -0.3 is 67.2 Å². The lowest BCUT2D eigenvalue weighted by Crippen LogP contribution is -2.43. The maximum absolute atomic E-state index is 13.3. The Labute approximate surface area is 799 Å². The van der Waals surface area contributed by atoms with Crippen molar-refractivity contribution in [2.75, 3.05) is 93.5 Å². The Kier molecular flexibility index (Phi) is 48.5. The quantitative estimate of drug-likeness (QED) is 0.0139. The van der Waals surface area contributed by atoms with Gasteiger partial charge in [0.25, 0.3) is 23.0 Å². The van der Waals surface area contributed by atoms with E-state index in [1.807, 2.05) is 97.1 Å². The molecule has 38 heteroatoms. The fraction of sp³-hybridized carbons (Fsp3) is 0.438. The molecule has 5 heterocycles. The number of unbranched alkanes of at least 4 members (excludes halogenated alkanes) is 1. The molecular weight excluding hydrogens is 1910 g/mol. The van der Waals surface area contributed by atoms with E-state index in [1.54, 1.807) is 57.5 Å². The average molecular weight is 2030 g/mol. The number of nitrogens with two attached hydrogens (primary N) is 1. The first-order valence-electron chi connectivity index (χ1n) is 40.4. The predicted molar refractivity (Wildman–Crippen MR) is 519 cm³/mol. The number of benzene rings is 5. The number of carbonyl (C=O) groups is 4. The first kappa shape index (κ1) is 112. The van der Waals surface area contributed by atoms with Gasteiger partial charge in [-0.15, -0.1) is 0 Å². The molecular formula is C89H119BrCl8N12O14Si3. The minimum absolute atomic E-state index is 0.0207. The van der Waals surface area contributed by atoms with Crippen LogP contribution in [0.1, 0.15) is 144 Å². The first-order valence-corrected chi connectivity index (χ1v) is 53.3. The van der Waals surface area contributed by atoms with Gasteiger partial charge in [-0.25, -0.2) is 39.9 Å². The summed E-state index contributed by atoms with van der Waals surface area (Å²) in [5, 5.41) is 10.2. The number of fused-ring (bicyclic) bond motifs is 1. The van der Waals surface area contributed by atoms with Crippen molar-refractivity contribution >= 4 is 157 Å². The molecule has 0 bridgehead atoms. The molecule has 1 aliphatic heterocycles. The Morgan fingerprint density at radius 2 is 0.780 bits per heavy atom. The van der Waals surface area contributed by atoms with Crippen molar-refractivity contribution in [3.63, 3.8) is 0 Å². The minimum atomic E-state index is -1.94. The number of aromatic nitrogens is 8. The van der Waals surface area contributed by atoms with Gasteiger partial charge in [0.05, 0.1) is 55.3 Å². The number of alkyl halides is 1. The van der Waals surface area contributed by atoms with E-state index in [1.165, 1.54) is 35.9 Å². The minimum Gasteiger partial charge on any atom is -0.497 e. The summed E-state index contributed by atoms with van der Waals surface area (Å²) in [5.74, 6) is 3.28. The molecule has 4 aromatic heterocycles. The molecule has 10 rings (SSSR count). The van der Waals surface area contributed by atoms with Gasteiger partial charge in [0.1, 0.15) is 119 Å². The van der Waals surface area contributed by atoms with Crippen LogP contribution < -0.4 is 34.2 Å². The molecule has 127 heavy (non-hydrogen) atoms. The van der Waals surface area contributed by atoms with Crippen LogP contribution in [0.15, 0.2) is 147 Å². The summed E-state index contributed by atoms with van der Waals surface area (Å²) in [6, 6.07) is 38.4. The van der Waals surface area contributed by atoms with E-state index in [9.17, 15) is 24.3 Å². The average Bonchev–Trinajstić information content (AvgIpc) is 1.80. The summed E-state index contributed by atoms with van der Waals surface area (Å²) < 4.78 is 49.4. The van der Waals surface area contributed by atoms with Crippen molar-refractivity contribution in [1.82, 2.24) is 54.6 Å². The number of methoxy groups -OCH3 is 5. The smallest absolute Gasteiger partial charge is 0.262 e. The van der Waals surface area contributed by atoms with Crippen LogP contribution in [0.2, 0.25) is 90.5 Å². The molecule has 0 atom stereocenters. The van der Waals surface area contributed by atoms with Gasteiger partial charge in [-0.05, 0) is 174 Å². The van der Waals surface area contributed by atoms with Gasteiger partial charge in [-0.2, -0.15) is 0 Å². The van der Waals surface area contributed by atoms with E-state index < -0.39 is 36.1 Å². The number of hydrogen-bond donors (Lipinski definition) is 2. The largest absolute Gasteiger partial charge is 0.497 e. The zero-order chi connectivity index (χ0) is 95.0. The van der Waals surface area contributed by atoms with Crippen molar-refractivity contribution in [3.8, 4) is 34.6 Å². The highest BCUT2D eigenvalue weighted by Gasteiger charge is 2.40. The Hall–Kier alpha value is -7.45. The van der Waals surface area contributed by atoms with E-state index in [2.05, 4.69) is 170 Å². The Morgan fingerprint density at radius 3 is 1.12 bits per heavy atom. The van der Waals surface area contributed by atoms with Crippen molar-refractivity contribution in [2.24, 2.45) is 5.73 Å². The molecule has 0 saturated carbocycles. The van der Waals surface area contributed by atoms with E-state index in [0.29, 0.717) is 56.0 Å². The number of nitrogens with zero attached hydrogens (tertiary/aromatic N) is 11. The molecule has 0 aliphatic carbocycles. The van der Waals surface area contributed by atoms with E-state index in [0.717, 1.165) is 88.7 Å². The second-order valence-electron chi connectivity index (χ2n) is 32.8. The summed E-state index contributed by atoms with van der Waals surface area (Å²) in [6.45, 7) is 38.7. The molecule has 0 saturated heterocycles. The number of aliphatic hydroxyl groups excluding tert-OH is 1. The number of aliphatic hydroxyl groups is 1. The number of halogens is 9. The normalized spacial score (nSPS) is 11.9. The van der Waals surface area contributed by atoms with Gasteiger partial charge in [0.2, 0.25) is 5.88 Å². The van der Waals surface area contributed by atoms with Crippen molar-refractivity contribution in [3.05, 3.63) is 233 Å². The topological polar surface area (TPSA) is 310 Å². The zero-order valence-electron chi connectivity index (χ0n) is 75.8. The van der Waals surface area contributed by atoms with Crippen LogP contribution in [0.3, 0.4) is 0 Å². The Balaban J connectivity index is 0.000000320. The van der Waals surface area contributed by atoms with E-state index in [-0.39, 0.29) is 101 Å². The second-order valence-corrected chi connectivity index (χ2v) is 50.8. The summed E-state index contributed by atoms with van der Waals surface area (Å²) >= 11 is 49.7. The number of aryl methyl sites for hydroxylation is 1. The molecule has 3 N–H and O–H groups in total. The summed E-state index contributed by atoms with van der Waals surface area (Å²) in [4.78, 5) is 84.2. The Morgan fingerprint density at radius 1 is 0.457 bits per heavy atom. The number of hydrogen-bond acceptors (Lipinski definition) is 23. The Bertz CT molecular complexity index is 4780. The van der Waals surface area contributed by atoms with Crippen molar-refractivity contribution in [1.29, 1.82) is 0 Å². The van der Waals surface area contributed by atoms with Crippen molar-refractivity contribution < 1.29 is 66.0 Å². The van der Waals surface area contributed by atoms with E-state index in [4.69, 9.17) is 140 Å². The lowest BCUT2D eigenvalue weighted by molar-refractivity contribution is 0.0703. The van der Waals surface area contributed by atoms with Crippen molar-refractivity contribution in [2.45, 2.75) is 162 Å². The van der Waals surface area contributed by atoms with Gasteiger partial charge in [-0.3, -0.25) is 19.2 Å². The molecule has 9 aromatic rings. The first-order chi connectivity index (χ1) is 59.8. The maximum Gasteiger partial charge on any atom is 0.262 e. The maximum atomic E-state index is 13.3. The van der Waals surface area contributed by atoms with Gasteiger partial charge in [0.15, 0.2) is 25.0 Å². The number of rotatable bonds is 30. The second kappa shape index (κ2) is 55.0. The van der Waals surface area contributed by atoms with Crippen LogP contribution in [0.4, 0.5) is 0 Å². The standard InChI is InChI=1S/C21H29Cl2N3O3Si.C17H30O2Si.C15H15Cl2N3O3.C15H14ClN3O3.C8H19BrOSi.C8H11NO.C5HCl3N2O/c1-21(2,3)30(5,6)29-12-11-26(13-15-7-9-16(28-4)10-8-15)20(27)17-18(22)24-14-25-19(17)23;1-17(2,3)20(5,6)19-14-8-7-9-15-10-12-16(18-4)13-11-15;1-23-11-4-2-10(3-5-11)8-20(6-7-21)15(22)12-13(16)18-9-19-14(12)17;1-21-11-4-2-10(3-5-11)8-19-6-7-22-14-12(15(19)20)13(16)17-9-18-14;1-8(2,3)11(4,5)10-7-6-9;1-10-8-4-2-7(6-9)3-5-8;6-3-2(5(8)11)4(7)10-1-9-3/h7-10,14H,11-13H2,1-6H3;10-13H,7-9,14H2,1-6H3;2-5,9,21H,6-8H2,1H3;2-5,9H,6-8H2,1H3;6-7H2,1-5H3;2-5H,6,9H2,1H3;1H. The highest BCUT2D eigenvalue weighted by Crippen LogP contribution is 2.39. The van der Waals surface area contributed by atoms with Crippen LogP contribution in [-0.2, 0) is 45.9 Å². The summed E-state index contributed by atoms with van der Waals surface area (Å²) in [6.07, 6.45) is 8.28. The third-order valence-electron chi connectivity index (χ3n) is 21.0. The van der Waals surface area contributed by atoms with Crippen LogP contribution in [-0.4, -0.2) is 201 Å². The third kappa shape index (κ3) is 37.4. The molecule has 0 radical (unpaired) electrons. The number of ether oxygens (including phenoxy) is 6. The molecule has 1 aliphatic rings. The fourth-order valence-electron chi connectivity index (χ4n) is 10.3. The highest BCUT2D eigenvalue weighted by molar-refractivity contribution is 9.09. The molecule has 5 aromatic carbocycles. The SMILES string of the molecule is CC(C)(C)[Si](C)(C)OCCBr.COc1ccc(CCCCO[Si](C)(C)C(C)(C)C)cc1.COc1ccc(CN(CCO)C(=O)c2c(Cl)ncnc2Cl)cc1.COc1ccc(CN(CCO[Si](C)(C)C(C)(C)C)C(=O)c2c(Cl)ncnc2Cl)cc1.COc1ccc(CN)cc1.COc1ccc(CN2CCOc3ncnc(Cl)c3C2=O)cc1.O=C(Cl)c1c(Cl)ncnc1Cl. The predicted octanol–water partition coefficient (Wildman–Crippen LogP) is 21.8. The summed E-state index contributed by atoms with van der Waals surface area (Å²) in [7, 11) is 3.20. The summed E-state index contributed by atoms with van der Waals surface area (Å²) in [5.41, 5.74) is 11.0. The number of amides is 3. The lowest BCUT2D eigenvalue weighted by Gasteiger charge is -2.37. The number of carbonyl (C=O) groups excluding carboxylic acids is 4. The zero-order valence-corrected chi connectivity index (χ0v) is 86.5. The fourth-order valence-corrected chi connectivity index (χ4v) is 15.9. The molecule has 0 spiro atoms. The van der Waals surface area contributed by atoms with Crippen LogP contribution in [0, 0.1) is 0 Å². The van der Waals surface area contributed by atoms with Crippen LogP contribution in [0.25, 0.3) is 0 Å². The lowest BCUT2D eigenvalue weighted by atomic mass is 10.1. The third-order valence-corrected chi connectivity index (χ3v) is 37.1. The molecule has 0 fully saturated rings.